The lowest BCUT2D eigenvalue weighted by Gasteiger charge is -2.33. The van der Waals surface area contributed by atoms with Gasteiger partial charge in [-0.25, -0.2) is 4.98 Å². The number of hydrogen-bond donors (Lipinski definition) is 0. The minimum atomic E-state index is 0.0272. The number of halogens is 1. The third kappa shape index (κ3) is 6.70. The predicted molar refractivity (Wildman–Crippen MR) is 154 cm³/mol. The topological polar surface area (TPSA) is 56.8 Å². The minimum Gasteiger partial charge on any atom is -0.342 e. The van der Waals surface area contributed by atoms with Crippen molar-refractivity contribution in [3.05, 3.63) is 92.9 Å². The molecule has 6 nitrogen and oxygen atoms in total. The summed E-state index contributed by atoms with van der Waals surface area (Å²) in [7, 11) is 0. The van der Waals surface area contributed by atoms with Gasteiger partial charge in [0.25, 0.3) is 5.91 Å². The number of thiazole rings is 1. The summed E-state index contributed by atoms with van der Waals surface area (Å²) in [6.45, 7) is 5.46. The first-order valence-electron chi connectivity index (χ1n) is 13.3. The molecule has 5 rings (SSSR count). The maximum Gasteiger partial charge on any atom is 0.273 e. The third-order valence-electron chi connectivity index (χ3n) is 7.37. The maximum absolute atomic E-state index is 13.1. The molecule has 2 aliphatic rings. The fourth-order valence-electron chi connectivity index (χ4n) is 5.06. The molecule has 0 radical (unpaired) electrons. The van der Waals surface area contributed by atoms with E-state index in [4.69, 9.17) is 16.6 Å². The van der Waals surface area contributed by atoms with Gasteiger partial charge in [-0.15, -0.1) is 11.3 Å². The van der Waals surface area contributed by atoms with Crippen molar-refractivity contribution in [3.8, 4) is 0 Å². The summed E-state index contributed by atoms with van der Waals surface area (Å²) in [6.07, 6.45) is 6.40. The van der Waals surface area contributed by atoms with Crippen molar-refractivity contribution in [2.75, 3.05) is 45.8 Å². The summed E-state index contributed by atoms with van der Waals surface area (Å²) in [5.41, 5.74) is 2.63. The molecule has 3 aromatic rings. The van der Waals surface area contributed by atoms with Crippen LogP contribution in [-0.4, -0.2) is 77.3 Å². The van der Waals surface area contributed by atoms with Crippen LogP contribution in [0.2, 0.25) is 5.02 Å². The quantitative estimate of drug-likeness (QED) is 0.406. The summed E-state index contributed by atoms with van der Waals surface area (Å²) in [4.78, 5) is 36.9. The minimum absolute atomic E-state index is 0.0272. The van der Waals surface area contributed by atoms with Gasteiger partial charge < -0.3 is 9.80 Å². The lowest BCUT2D eigenvalue weighted by atomic mass is 9.97. The van der Waals surface area contributed by atoms with E-state index in [9.17, 15) is 9.59 Å². The fourth-order valence-corrected chi connectivity index (χ4v) is 6.23. The van der Waals surface area contributed by atoms with E-state index in [2.05, 4.69) is 29.2 Å². The highest BCUT2D eigenvalue weighted by Crippen LogP contribution is 2.31. The molecule has 2 aromatic carbocycles. The average Bonchev–Trinajstić information content (AvgIpc) is 3.45. The number of nitrogens with zero attached hydrogens (tertiary/aromatic N) is 4. The van der Waals surface area contributed by atoms with Gasteiger partial charge in [-0.05, 0) is 30.0 Å². The molecule has 2 amide bonds. The number of piperazine rings is 1. The Bertz CT molecular complexity index is 1260. The van der Waals surface area contributed by atoms with Crippen LogP contribution in [0.3, 0.4) is 0 Å². The van der Waals surface area contributed by atoms with Crippen molar-refractivity contribution < 1.29 is 9.59 Å². The van der Waals surface area contributed by atoms with E-state index in [1.54, 1.807) is 11.3 Å². The highest BCUT2D eigenvalue weighted by atomic mass is 35.5. The van der Waals surface area contributed by atoms with Gasteiger partial charge in [0.1, 0.15) is 5.69 Å². The molecule has 0 unspecified atom stereocenters. The normalized spacial score (nSPS) is 17.3. The highest BCUT2D eigenvalue weighted by Gasteiger charge is 2.28. The van der Waals surface area contributed by atoms with Crippen molar-refractivity contribution in [2.24, 2.45) is 0 Å². The molecule has 8 heteroatoms. The van der Waals surface area contributed by atoms with Crippen molar-refractivity contribution in [3.63, 3.8) is 0 Å². The molecule has 0 atom stereocenters. The zero-order chi connectivity index (χ0) is 26.3. The molecule has 0 bridgehead atoms. The first kappa shape index (κ1) is 26.6. The second-order valence-corrected chi connectivity index (χ2v) is 11.2. The van der Waals surface area contributed by atoms with Crippen molar-refractivity contribution in [2.45, 2.75) is 25.2 Å². The van der Waals surface area contributed by atoms with Gasteiger partial charge >= 0.3 is 0 Å². The van der Waals surface area contributed by atoms with E-state index in [1.165, 1.54) is 5.56 Å². The number of rotatable bonds is 7. The number of piperidine rings is 1. The molecular formula is C30H33ClN4O2S. The fraction of sp³-hybridized carbons (Fsp3) is 0.367. The largest absolute Gasteiger partial charge is 0.342 e. The summed E-state index contributed by atoms with van der Waals surface area (Å²) < 4.78 is 0. The lowest BCUT2D eigenvalue weighted by molar-refractivity contribution is -0.131. The predicted octanol–water partition coefficient (Wildman–Crippen LogP) is 5.22. The van der Waals surface area contributed by atoms with E-state index in [0.717, 1.165) is 56.1 Å². The molecule has 2 aliphatic heterocycles. The van der Waals surface area contributed by atoms with Crippen LogP contribution >= 0.6 is 22.9 Å². The first-order chi connectivity index (χ1) is 18.6. The summed E-state index contributed by atoms with van der Waals surface area (Å²) in [5, 5.41) is 3.55. The number of amides is 2. The van der Waals surface area contributed by atoms with Crippen LogP contribution in [0.5, 0.6) is 0 Å². The van der Waals surface area contributed by atoms with Gasteiger partial charge in [-0.3, -0.25) is 14.5 Å². The number of aromatic nitrogens is 1. The average molecular weight is 549 g/mol. The van der Waals surface area contributed by atoms with E-state index in [1.807, 2.05) is 57.6 Å². The third-order valence-corrected chi connectivity index (χ3v) is 8.75. The smallest absolute Gasteiger partial charge is 0.273 e. The monoisotopic (exact) mass is 548 g/mol. The molecule has 198 valence electrons. The Morgan fingerprint density at radius 3 is 2.37 bits per heavy atom. The molecule has 0 aliphatic carbocycles. The van der Waals surface area contributed by atoms with Crippen LogP contribution in [0, 0.1) is 0 Å². The standard InChI is InChI=1S/C30H33ClN4O2S/c31-26-11-5-4-10-25(26)21-28(36)34-15-12-24(13-16-34)29-32-27(22-38-29)30(37)35-19-17-33(18-20-35)14-6-9-23-7-2-1-3-8-23/h1-11,22,24H,12-21H2/b9-6-. The van der Waals surface area contributed by atoms with Gasteiger partial charge in [0.2, 0.25) is 5.91 Å². The van der Waals surface area contributed by atoms with Crippen LogP contribution in [-0.2, 0) is 11.2 Å². The Balaban J connectivity index is 1.07. The molecule has 3 heterocycles. The van der Waals surface area contributed by atoms with E-state index in [-0.39, 0.29) is 11.8 Å². The second kappa shape index (κ2) is 12.7. The Morgan fingerprint density at radius 2 is 1.63 bits per heavy atom. The number of likely N-dealkylation sites (tertiary alicyclic amines) is 1. The number of carbonyl (C=O) groups excluding carboxylic acids is 2. The summed E-state index contributed by atoms with van der Waals surface area (Å²) >= 11 is 7.80. The number of hydrogen-bond acceptors (Lipinski definition) is 5. The van der Waals surface area contributed by atoms with Crippen LogP contribution in [0.25, 0.3) is 6.08 Å². The molecule has 0 saturated carbocycles. The molecule has 1 aromatic heterocycles. The van der Waals surface area contributed by atoms with Crippen molar-refractivity contribution >= 4 is 40.8 Å². The van der Waals surface area contributed by atoms with Gasteiger partial charge in [-0.1, -0.05) is 72.3 Å². The highest BCUT2D eigenvalue weighted by molar-refractivity contribution is 7.09. The van der Waals surface area contributed by atoms with Gasteiger partial charge in [0, 0.05) is 62.1 Å². The summed E-state index contributed by atoms with van der Waals surface area (Å²) in [5.74, 6) is 0.430. The van der Waals surface area contributed by atoms with Crippen molar-refractivity contribution in [1.82, 2.24) is 19.7 Å². The van der Waals surface area contributed by atoms with E-state index < -0.39 is 0 Å². The second-order valence-electron chi connectivity index (χ2n) is 9.90. The molecule has 0 N–H and O–H groups in total. The van der Waals surface area contributed by atoms with Crippen molar-refractivity contribution in [1.29, 1.82) is 0 Å². The van der Waals surface area contributed by atoms with Gasteiger partial charge in [-0.2, -0.15) is 0 Å². The molecule has 38 heavy (non-hydrogen) atoms. The Morgan fingerprint density at radius 1 is 0.921 bits per heavy atom. The van der Waals surface area contributed by atoms with Crippen LogP contribution in [0.4, 0.5) is 0 Å². The summed E-state index contributed by atoms with van der Waals surface area (Å²) in [6, 6.07) is 17.8. The number of carbonyl (C=O) groups is 2. The van der Waals surface area contributed by atoms with Gasteiger partial charge in [0.05, 0.1) is 11.4 Å². The van der Waals surface area contributed by atoms with Crippen LogP contribution in [0.1, 0.15) is 45.4 Å². The van der Waals surface area contributed by atoms with E-state index in [0.29, 0.717) is 36.1 Å². The molecule has 2 fully saturated rings. The lowest BCUT2D eigenvalue weighted by Crippen LogP contribution is -2.48. The molecular weight excluding hydrogens is 516 g/mol. The molecule has 2 saturated heterocycles. The maximum atomic E-state index is 13.1. The Kier molecular flexibility index (Phi) is 8.89. The first-order valence-corrected chi connectivity index (χ1v) is 14.5. The Labute approximate surface area is 233 Å². The zero-order valence-corrected chi connectivity index (χ0v) is 23.0. The molecule has 0 spiro atoms. The zero-order valence-electron chi connectivity index (χ0n) is 21.5. The Hall–Kier alpha value is -3.00. The van der Waals surface area contributed by atoms with Crippen LogP contribution < -0.4 is 0 Å². The van der Waals surface area contributed by atoms with E-state index >= 15 is 0 Å². The van der Waals surface area contributed by atoms with Gasteiger partial charge in [0.15, 0.2) is 0 Å². The number of benzene rings is 2. The SMILES string of the molecule is O=C(Cc1ccccc1Cl)N1CCC(c2nc(C(=O)N3CCN(C/C=C\c4ccccc4)CC3)cs2)CC1. The van der Waals surface area contributed by atoms with Crippen LogP contribution in [0.15, 0.2) is 66.1 Å².